The smallest absolute Gasteiger partial charge is 0.255 e. The van der Waals surface area contributed by atoms with Crippen LogP contribution < -0.4 is 15.8 Å². The number of hydrogen-bond acceptors (Lipinski definition) is 4. The molecule has 1 aliphatic rings. The predicted molar refractivity (Wildman–Crippen MR) is 89.7 cm³/mol. The minimum absolute atomic E-state index is 0.173. The third-order valence-corrected chi connectivity index (χ3v) is 3.97. The van der Waals surface area contributed by atoms with Gasteiger partial charge in [0, 0.05) is 6.08 Å². The second kappa shape index (κ2) is 8.16. The van der Waals surface area contributed by atoms with Gasteiger partial charge in [-0.3, -0.25) is 9.59 Å². The fourth-order valence-electron chi connectivity index (χ4n) is 2.70. The van der Waals surface area contributed by atoms with Crippen molar-refractivity contribution in [3.63, 3.8) is 0 Å². The Morgan fingerprint density at radius 1 is 1.25 bits per heavy atom. The van der Waals surface area contributed by atoms with Crippen LogP contribution in [-0.4, -0.2) is 24.0 Å². The predicted octanol–water partition coefficient (Wildman–Crippen LogP) is 1.91. The van der Waals surface area contributed by atoms with Crippen molar-refractivity contribution >= 4 is 17.9 Å². The van der Waals surface area contributed by atoms with Gasteiger partial charge >= 0.3 is 0 Å². The summed E-state index contributed by atoms with van der Waals surface area (Å²) in [6.07, 6.45) is 7.53. The number of benzene rings is 1. The maximum absolute atomic E-state index is 12.1. The highest BCUT2D eigenvalue weighted by molar-refractivity contribution is 5.92. The van der Waals surface area contributed by atoms with Gasteiger partial charge in [0.2, 0.25) is 5.91 Å². The number of ether oxygens (including phenoxy) is 1. The Bertz CT molecular complexity index is 653. The largest absolute Gasteiger partial charge is 0.484 e. The van der Waals surface area contributed by atoms with E-state index in [-0.39, 0.29) is 12.5 Å². The van der Waals surface area contributed by atoms with Gasteiger partial charge < -0.3 is 15.8 Å². The van der Waals surface area contributed by atoms with Crippen molar-refractivity contribution in [2.45, 2.75) is 37.6 Å². The van der Waals surface area contributed by atoms with E-state index in [2.05, 4.69) is 11.4 Å². The molecular weight excluding hydrogens is 306 g/mol. The van der Waals surface area contributed by atoms with E-state index in [1.807, 2.05) is 0 Å². The molecule has 0 spiro atoms. The average Bonchev–Trinajstić information content (AvgIpc) is 2.60. The maximum Gasteiger partial charge on any atom is 0.255 e. The molecule has 1 aromatic rings. The lowest BCUT2D eigenvalue weighted by molar-refractivity contribution is -0.120. The number of amides is 2. The van der Waals surface area contributed by atoms with Gasteiger partial charge in [0.25, 0.3) is 5.91 Å². The first kappa shape index (κ1) is 17.5. The van der Waals surface area contributed by atoms with Crippen molar-refractivity contribution in [2.24, 2.45) is 5.73 Å². The highest BCUT2D eigenvalue weighted by Crippen LogP contribution is 2.27. The number of nitriles is 1. The molecule has 3 N–H and O–H groups in total. The average molecular weight is 327 g/mol. The second-order valence-corrected chi connectivity index (χ2v) is 5.90. The Hall–Kier alpha value is -2.81. The van der Waals surface area contributed by atoms with Crippen molar-refractivity contribution in [3.05, 3.63) is 35.9 Å². The summed E-state index contributed by atoms with van der Waals surface area (Å²) in [7, 11) is 0. The highest BCUT2D eigenvalue weighted by atomic mass is 16.5. The number of rotatable bonds is 6. The zero-order valence-electron chi connectivity index (χ0n) is 13.5. The van der Waals surface area contributed by atoms with Gasteiger partial charge in [-0.15, -0.1) is 0 Å². The molecule has 1 saturated carbocycles. The first-order chi connectivity index (χ1) is 11.5. The zero-order chi connectivity index (χ0) is 17.4. The molecule has 6 heteroatoms. The topological polar surface area (TPSA) is 105 Å². The van der Waals surface area contributed by atoms with Crippen molar-refractivity contribution in [3.8, 4) is 11.8 Å². The van der Waals surface area contributed by atoms with E-state index in [0.717, 1.165) is 24.8 Å². The van der Waals surface area contributed by atoms with Crippen LogP contribution in [0.15, 0.2) is 30.3 Å². The number of carbonyl (C=O) groups excluding carboxylic acids is 2. The zero-order valence-corrected chi connectivity index (χ0v) is 13.5. The number of primary amides is 1. The quantitative estimate of drug-likeness (QED) is 0.778. The molecule has 0 aromatic heterocycles. The lowest BCUT2D eigenvalue weighted by Crippen LogP contribution is -2.48. The molecule has 2 amide bonds. The Kier molecular flexibility index (Phi) is 5.96. The van der Waals surface area contributed by atoms with E-state index in [1.165, 1.54) is 6.08 Å². The van der Waals surface area contributed by atoms with Crippen LogP contribution in [0.5, 0.6) is 5.75 Å². The minimum atomic E-state index is -0.730. The molecule has 0 unspecified atom stereocenters. The third-order valence-electron chi connectivity index (χ3n) is 3.97. The van der Waals surface area contributed by atoms with Crippen molar-refractivity contribution in [2.75, 3.05) is 6.61 Å². The van der Waals surface area contributed by atoms with Crippen LogP contribution >= 0.6 is 0 Å². The first-order valence-electron chi connectivity index (χ1n) is 7.96. The summed E-state index contributed by atoms with van der Waals surface area (Å²) in [4.78, 5) is 22.7. The highest BCUT2D eigenvalue weighted by Gasteiger charge is 2.32. The van der Waals surface area contributed by atoms with Gasteiger partial charge in [-0.05, 0) is 36.6 Å². The number of hydrogen-bond donors (Lipinski definition) is 2. The first-order valence-corrected chi connectivity index (χ1v) is 7.96. The Morgan fingerprint density at radius 2 is 1.92 bits per heavy atom. The van der Waals surface area contributed by atoms with Gasteiger partial charge in [0.05, 0.1) is 6.07 Å². The van der Waals surface area contributed by atoms with Crippen LogP contribution in [0, 0.1) is 11.3 Å². The molecular formula is C18H21N3O3. The van der Waals surface area contributed by atoms with Gasteiger partial charge in [0.1, 0.15) is 11.3 Å². The fraction of sp³-hybridized carbons (Fsp3) is 0.389. The molecule has 0 radical (unpaired) electrons. The van der Waals surface area contributed by atoms with E-state index >= 15 is 0 Å². The molecule has 0 saturated heterocycles. The van der Waals surface area contributed by atoms with Crippen molar-refractivity contribution < 1.29 is 14.3 Å². The molecule has 0 atom stereocenters. The Morgan fingerprint density at radius 3 is 2.50 bits per heavy atom. The summed E-state index contributed by atoms with van der Waals surface area (Å²) in [6.45, 7) is -0.173. The van der Waals surface area contributed by atoms with E-state index in [9.17, 15) is 14.9 Å². The molecule has 126 valence electrons. The molecule has 6 nitrogen and oxygen atoms in total. The van der Waals surface area contributed by atoms with Gasteiger partial charge in [0.15, 0.2) is 6.61 Å². The Balaban J connectivity index is 1.91. The number of carbonyl (C=O) groups is 2. The van der Waals surface area contributed by atoms with Crippen LogP contribution in [0.25, 0.3) is 6.08 Å². The van der Waals surface area contributed by atoms with Crippen LogP contribution in [-0.2, 0) is 9.59 Å². The molecule has 0 aliphatic heterocycles. The van der Waals surface area contributed by atoms with E-state index in [4.69, 9.17) is 10.5 Å². The molecule has 0 heterocycles. The molecule has 1 aliphatic carbocycles. The SMILES string of the molecule is N#CC1(NC(=O)/C=C/c2ccc(OCC(N)=O)cc2)CCCCC1. The van der Waals surface area contributed by atoms with E-state index in [1.54, 1.807) is 30.3 Å². The number of nitrogens with zero attached hydrogens (tertiary/aromatic N) is 1. The van der Waals surface area contributed by atoms with Gasteiger partial charge in [-0.2, -0.15) is 5.26 Å². The van der Waals surface area contributed by atoms with Crippen LogP contribution in [0.2, 0.25) is 0 Å². The van der Waals surface area contributed by atoms with E-state index in [0.29, 0.717) is 18.6 Å². The molecule has 1 aromatic carbocycles. The molecule has 2 rings (SSSR count). The van der Waals surface area contributed by atoms with Crippen LogP contribution in [0.4, 0.5) is 0 Å². The molecule has 1 fully saturated rings. The summed E-state index contributed by atoms with van der Waals surface area (Å²) in [6, 6.07) is 9.17. The summed E-state index contributed by atoms with van der Waals surface area (Å²) in [5.41, 5.74) is 5.09. The molecule has 0 bridgehead atoms. The maximum atomic E-state index is 12.1. The van der Waals surface area contributed by atoms with Gasteiger partial charge in [-0.25, -0.2) is 0 Å². The second-order valence-electron chi connectivity index (χ2n) is 5.90. The lowest BCUT2D eigenvalue weighted by Gasteiger charge is -2.31. The summed E-state index contributed by atoms with van der Waals surface area (Å²) < 4.78 is 5.16. The summed E-state index contributed by atoms with van der Waals surface area (Å²) in [5.74, 6) is -0.279. The minimum Gasteiger partial charge on any atom is -0.484 e. The molecule has 24 heavy (non-hydrogen) atoms. The van der Waals surface area contributed by atoms with Crippen LogP contribution in [0.3, 0.4) is 0 Å². The Labute approximate surface area is 141 Å². The normalized spacial score (nSPS) is 16.3. The van der Waals surface area contributed by atoms with Crippen molar-refractivity contribution in [1.29, 1.82) is 5.26 Å². The van der Waals surface area contributed by atoms with Crippen molar-refractivity contribution in [1.82, 2.24) is 5.32 Å². The summed E-state index contributed by atoms with van der Waals surface area (Å²) in [5, 5.41) is 12.2. The van der Waals surface area contributed by atoms with Gasteiger partial charge in [-0.1, -0.05) is 31.4 Å². The lowest BCUT2D eigenvalue weighted by atomic mass is 9.83. The monoisotopic (exact) mass is 327 g/mol. The standard InChI is InChI=1S/C18H21N3O3/c19-13-18(10-2-1-3-11-18)21-17(23)9-6-14-4-7-15(8-5-14)24-12-16(20)22/h4-9H,1-3,10-12H2,(H2,20,22)(H,21,23)/b9-6+. The van der Waals surface area contributed by atoms with Crippen LogP contribution in [0.1, 0.15) is 37.7 Å². The number of nitrogens with one attached hydrogen (secondary N) is 1. The summed E-state index contributed by atoms with van der Waals surface area (Å²) >= 11 is 0. The van der Waals surface area contributed by atoms with E-state index < -0.39 is 11.4 Å². The number of nitrogens with two attached hydrogens (primary N) is 1. The third kappa shape index (κ3) is 5.13. The fourth-order valence-corrected chi connectivity index (χ4v) is 2.70.